The van der Waals surface area contributed by atoms with Crippen molar-refractivity contribution in [3.63, 3.8) is 0 Å². The third-order valence-corrected chi connectivity index (χ3v) is 7.34. The van der Waals surface area contributed by atoms with Crippen molar-refractivity contribution in [1.82, 2.24) is 4.90 Å². The highest BCUT2D eigenvalue weighted by Gasteiger charge is 2.26. The van der Waals surface area contributed by atoms with Crippen LogP contribution >= 0.6 is 11.6 Å². The van der Waals surface area contributed by atoms with Crippen LogP contribution in [0.15, 0.2) is 47.4 Å². The fourth-order valence-electron chi connectivity index (χ4n) is 3.46. The monoisotopic (exact) mass is 436 g/mol. The molecule has 0 aliphatic carbocycles. The van der Waals surface area contributed by atoms with Crippen molar-refractivity contribution in [2.45, 2.75) is 24.7 Å². The van der Waals surface area contributed by atoms with Gasteiger partial charge >= 0.3 is 0 Å². The highest BCUT2D eigenvalue weighted by atomic mass is 35.5. The number of sulfonamides is 1. The summed E-state index contributed by atoms with van der Waals surface area (Å²) in [5, 5.41) is 0.312. The SMILES string of the molecule is COc1ccc(S(=O)(=O)N(C)c2ccc(Cl)c(C(=O)N3CCCC(C)C3)c2)cc1. The number of hydrogen-bond acceptors (Lipinski definition) is 4. The van der Waals surface area contributed by atoms with Crippen LogP contribution in [0.1, 0.15) is 30.1 Å². The minimum absolute atomic E-state index is 0.133. The number of carbonyl (C=O) groups excluding carboxylic acids is 1. The molecular weight excluding hydrogens is 412 g/mol. The molecule has 1 fully saturated rings. The quantitative estimate of drug-likeness (QED) is 0.709. The number of rotatable bonds is 5. The zero-order chi connectivity index (χ0) is 21.2. The summed E-state index contributed by atoms with van der Waals surface area (Å²) in [5.41, 5.74) is 0.689. The van der Waals surface area contributed by atoms with Crippen molar-refractivity contribution < 1.29 is 17.9 Å². The molecule has 0 saturated carbocycles. The number of ether oxygens (including phenoxy) is 1. The molecule has 1 heterocycles. The fraction of sp³-hybridized carbons (Fsp3) is 0.381. The van der Waals surface area contributed by atoms with E-state index in [2.05, 4.69) is 6.92 Å². The van der Waals surface area contributed by atoms with E-state index in [9.17, 15) is 13.2 Å². The molecule has 1 aliphatic heterocycles. The summed E-state index contributed by atoms with van der Waals surface area (Å²) in [5.74, 6) is 0.841. The first-order valence-corrected chi connectivity index (χ1v) is 11.3. The number of carbonyl (C=O) groups is 1. The predicted molar refractivity (Wildman–Crippen MR) is 114 cm³/mol. The van der Waals surface area contributed by atoms with Gasteiger partial charge in [0.2, 0.25) is 0 Å². The second-order valence-electron chi connectivity index (χ2n) is 7.31. The van der Waals surface area contributed by atoms with Crippen molar-refractivity contribution >= 4 is 33.2 Å². The van der Waals surface area contributed by atoms with Crippen LogP contribution in [0.3, 0.4) is 0 Å². The molecule has 29 heavy (non-hydrogen) atoms. The number of halogens is 1. The lowest BCUT2D eigenvalue weighted by Crippen LogP contribution is -2.39. The Labute approximate surface area is 177 Å². The average Bonchev–Trinajstić information content (AvgIpc) is 2.73. The number of piperidine rings is 1. The molecule has 1 unspecified atom stereocenters. The smallest absolute Gasteiger partial charge is 0.264 e. The molecule has 0 aromatic heterocycles. The molecule has 0 bridgehead atoms. The van der Waals surface area contributed by atoms with Crippen LogP contribution in [-0.4, -0.2) is 46.5 Å². The van der Waals surface area contributed by atoms with Gasteiger partial charge in [-0.15, -0.1) is 0 Å². The molecule has 6 nitrogen and oxygen atoms in total. The zero-order valence-electron chi connectivity index (χ0n) is 16.8. The third-order valence-electron chi connectivity index (χ3n) is 5.21. The molecule has 0 radical (unpaired) electrons. The number of nitrogens with zero attached hydrogens (tertiary/aromatic N) is 2. The van der Waals surface area contributed by atoms with E-state index >= 15 is 0 Å². The number of amides is 1. The van der Waals surface area contributed by atoms with Gasteiger partial charge in [0.15, 0.2) is 0 Å². The standard InChI is InChI=1S/C21H25ClN2O4S/c1-15-5-4-12-24(14-15)21(25)19-13-16(6-11-20(19)22)23(2)29(26,27)18-9-7-17(28-3)8-10-18/h6-11,13,15H,4-5,12,14H2,1-3H3. The summed E-state index contributed by atoms with van der Waals surface area (Å²) in [6.07, 6.45) is 2.05. The van der Waals surface area contributed by atoms with E-state index in [-0.39, 0.29) is 10.8 Å². The van der Waals surface area contributed by atoms with Gasteiger partial charge in [0, 0.05) is 20.1 Å². The van der Waals surface area contributed by atoms with Crippen molar-refractivity contribution in [3.8, 4) is 5.75 Å². The Morgan fingerprint density at radius 3 is 2.52 bits per heavy atom. The van der Waals surface area contributed by atoms with Crippen LogP contribution in [0.5, 0.6) is 5.75 Å². The van der Waals surface area contributed by atoms with Gasteiger partial charge in [-0.2, -0.15) is 0 Å². The minimum Gasteiger partial charge on any atom is -0.497 e. The Hall–Kier alpha value is -2.25. The van der Waals surface area contributed by atoms with Gasteiger partial charge in [-0.05, 0) is 61.2 Å². The summed E-state index contributed by atoms with van der Waals surface area (Å²) < 4.78 is 32.2. The molecule has 1 atom stereocenters. The molecule has 156 valence electrons. The molecule has 0 N–H and O–H groups in total. The maximum absolute atomic E-state index is 13.0. The van der Waals surface area contributed by atoms with Crippen molar-refractivity contribution in [3.05, 3.63) is 53.1 Å². The van der Waals surface area contributed by atoms with E-state index in [4.69, 9.17) is 16.3 Å². The molecule has 2 aromatic rings. The first-order valence-electron chi connectivity index (χ1n) is 9.46. The normalized spacial score (nSPS) is 17.1. The summed E-state index contributed by atoms with van der Waals surface area (Å²) in [6, 6.07) is 10.9. The van der Waals surface area contributed by atoms with E-state index in [1.165, 1.54) is 26.3 Å². The lowest BCUT2D eigenvalue weighted by Gasteiger charge is -2.31. The number of likely N-dealkylation sites (tertiary alicyclic amines) is 1. The number of benzene rings is 2. The fourth-order valence-corrected chi connectivity index (χ4v) is 4.85. The summed E-state index contributed by atoms with van der Waals surface area (Å²) in [7, 11) is -0.819. The predicted octanol–water partition coefficient (Wildman–Crippen LogP) is 4.05. The largest absolute Gasteiger partial charge is 0.497 e. The van der Waals surface area contributed by atoms with E-state index in [0.717, 1.165) is 17.1 Å². The third kappa shape index (κ3) is 4.51. The second kappa shape index (κ2) is 8.63. The van der Waals surface area contributed by atoms with Gasteiger partial charge in [0.1, 0.15) is 5.75 Å². The van der Waals surface area contributed by atoms with Gasteiger partial charge in [0.05, 0.1) is 28.3 Å². The lowest BCUT2D eigenvalue weighted by atomic mass is 9.99. The number of methoxy groups -OCH3 is 1. The number of hydrogen-bond donors (Lipinski definition) is 0. The van der Waals surface area contributed by atoms with Gasteiger partial charge < -0.3 is 9.64 Å². The summed E-state index contributed by atoms with van der Waals surface area (Å²) >= 11 is 6.29. The molecule has 0 spiro atoms. The van der Waals surface area contributed by atoms with Crippen molar-refractivity contribution in [2.75, 3.05) is 31.6 Å². The Balaban J connectivity index is 1.90. The first-order chi connectivity index (χ1) is 13.7. The molecule has 1 aliphatic rings. The second-order valence-corrected chi connectivity index (χ2v) is 9.69. The molecule has 2 aromatic carbocycles. The summed E-state index contributed by atoms with van der Waals surface area (Å²) in [6.45, 7) is 3.48. The van der Waals surface area contributed by atoms with Gasteiger partial charge in [-0.25, -0.2) is 8.42 Å². The molecule has 8 heteroatoms. The van der Waals surface area contributed by atoms with E-state index in [0.29, 0.717) is 41.0 Å². The minimum atomic E-state index is -3.80. The molecular formula is C21H25ClN2O4S. The van der Waals surface area contributed by atoms with Crippen molar-refractivity contribution in [2.24, 2.45) is 5.92 Å². The molecule has 1 saturated heterocycles. The van der Waals surface area contributed by atoms with Gasteiger partial charge in [0.25, 0.3) is 15.9 Å². The van der Waals surface area contributed by atoms with E-state index in [1.54, 1.807) is 35.2 Å². The van der Waals surface area contributed by atoms with Gasteiger partial charge in [-0.1, -0.05) is 18.5 Å². The Bertz CT molecular complexity index is 992. The van der Waals surface area contributed by atoms with Gasteiger partial charge in [-0.3, -0.25) is 9.10 Å². The van der Waals surface area contributed by atoms with Crippen LogP contribution < -0.4 is 9.04 Å². The lowest BCUT2D eigenvalue weighted by molar-refractivity contribution is 0.0683. The average molecular weight is 437 g/mol. The van der Waals surface area contributed by atoms with Crippen LogP contribution in [0.4, 0.5) is 5.69 Å². The Morgan fingerprint density at radius 1 is 1.21 bits per heavy atom. The Morgan fingerprint density at radius 2 is 1.90 bits per heavy atom. The molecule has 1 amide bonds. The first kappa shape index (κ1) is 21.5. The molecule has 3 rings (SSSR count). The van der Waals surface area contributed by atoms with Crippen molar-refractivity contribution in [1.29, 1.82) is 0 Å². The maximum Gasteiger partial charge on any atom is 0.264 e. The maximum atomic E-state index is 13.0. The Kier molecular flexibility index (Phi) is 6.39. The van der Waals surface area contributed by atoms with E-state index in [1.807, 2.05) is 0 Å². The van der Waals surface area contributed by atoms with Crippen LogP contribution in [0, 0.1) is 5.92 Å². The topological polar surface area (TPSA) is 66.9 Å². The zero-order valence-corrected chi connectivity index (χ0v) is 18.3. The highest BCUT2D eigenvalue weighted by Crippen LogP contribution is 2.29. The number of anilines is 1. The summed E-state index contributed by atoms with van der Waals surface area (Å²) in [4.78, 5) is 14.9. The van der Waals surface area contributed by atoms with Crippen LogP contribution in [0.25, 0.3) is 0 Å². The van der Waals surface area contributed by atoms with E-state index < -0.39 is 10.0 Å². The van der Waals surface area contributed by atoms with Crippen LogP contribution in [-0.2, 0) is 10.0 Å². The highest BCUT2D eigenvalue weighted by molar-refractivity contribution is 7.92. The van der Waals surface area contributed by atoms with Crippen LogP contribution in [0.2, 0.25) is 5.02 Å².